The van der Waals surface area contributed by atoms with Crippen LogP contribution in [0.3, 0.4) is 0 Å². The van der Waals surface area contributed by atoms with Crippen LogP contribution in [0, 0.1) is 6.92 Å². The van der Waals surface area contributed by atoms with E-state index in [1.165, 1.54) is 13.2 Å². The maximum absolute atomic E-state index is 12.4. The van der Waals surface area contributed by atoms with Gasteiger partial charge in [-0.25, -0.2) is 9.59 Å². The third-order valence-corrected chi connectivity index (χ3v) is 4.66. The van der Waals surface area contributed by atoms with E-state index >= 15 is 0 Å². The molecule has 7 nitrogen and oxygen atoms in total. The van der Waals surface area contributed by atoms with Crippen LogP contribution in [0.2, 0.25) is 0 Å². The Balaban J connectivity index is 2.09. The molecule has 0 spiro atoms. The number of carbonyl (C=O) groups excluding carboxylic acids is 2. The molecule has 0 fully saturated rings. The van der Waals surface area contributed by atoms with Crippen molar-refractivity contribution in [3.8, 4) is 5.75 Å². The van der Waals surface area contributed by atoms with Crippen molar-refractivity contribution in [2.45, 2.75) is 32.4 Å². The van der Waals surface area contributed by atoms with E-state index in [0.717, 1.165) is 10.9 Å². The van der Waals surface area contributed by atoms with Crippen molar-refractivity contribution < 1.29 is 23.5 Å². The van der Waals surface area contributed by atoms with E-state index < -0.39 is 29.6 Å². The van der Waals surface area contributed by atoms with Gasteiger partial charge in [-0.1, -0.05) is 0 Å². The van der Waals surface area contributed by atoms with Crippen molar-refractivity contribution in [2.24, 2.45) is 0 Å². The van der Waals surface area contributed by atoms with Crippen LogP contribution < -0.4 is 15.7 Å². The SMILES string of the molecule is COC(=O)[C@H](CCSC)NC(=O)[C@H](C)Oc1ccc2c(C)cc(=O)oc2c1. The van der Waals surface area contributed by atoms with E-state index in [0.29, 0.717) is 23.5 Å². The number of aryl methyl sites for hydroxylation is 1. The van der Waals surface area contributed by atoms with Gasteiger partial charge in [0.25, 0.3) is 5.91 Å². The van der Waals surface area contributed by atoms with Gasteiger partial charge in [0.1, 0.15) is 17.4 Å². The number of esters is 1. The van der Waals surface area contributed by atoms with Gasteiger partial charge in [-0.05, 0) is 50.0 Å². The summed E-state index contributed by atoms with van der Waals surface area (Å²) in [6.07, 6.45) is 1.54. The molecular formula is C19H23NO6S. The number of benzene rings is 1. The number of carbonyl (C=O) groups is 2. The van der Waals surface area contributed by atoms with Crippen molar-refractivity contribution in [1.29, 1.82) is 0 Å². The molecule has 1 aromatic carbocycles. The van der Waals surface area contributed by atoms with Crippen LogP contribution in [-0.4, -0.2) is 43.1 Å². The average Bonchev–Trinajstić information content (AvgIpc) is 2.63. The van der Waals surface area contributed by atoms with Crippen molar-refractivity contribution in [3.63, 3.8) is 0 Å². The lowest BCUT2D eigenvalue weighted by Gasteiger charge is -2.20. The number of hydrogen-bond acceptors (Lipinski definition) is 7. The average molecular weight is 393 g/mol. The van der Waals surface area contributed by atoms with Gasteiger partial charge in [-0.3, -0.25) is 4.79 Å². The maximum Gasteiger partial charge on any atom is 0.336 e. The molecule has 2 rings (SSSR count). The molecule has 1 heterocycles. The van der Waals surface area contributed by atoms with Crippen LogP contribution in [0.5, 0.6) is 5.75 Å². The highest BCUT2D eigenvalue weighted by atomic mass is 32.2. The van der Waals surface area contributed by atoms with Gasteiger partial charge < -0.3 is 19.2 Å². The number of thioether (sulfide) groups is 1. The van der Waals surface area contributed by atoms with Gasteiger partial charge in [0.15, 0.2) is 6.10 Å². The highest BCUT2D eigenvalue weighted by Gasteiger charge is 2.24. The van der Waals surface area contributed by atoms with Gasteiger partial charge in [0.05, 0.1) is 7.11 Å². The second-order valence-electron chi connectivity index (χ2n) is 6.03. The number of hydrogen-bond donors (Lipinski definition) is 1. The van der Waals surface area contributed by atoms with Crippen LogP contribution >= 0.6 is 11.8 Å². The molecule has 0 aliphatic rings. The number of fused-ring (bicyclic) bond motifs is 1. The highest BCUT2D eigenvalue weighted by Crippen LogP contribution is 2.23. The topological polar surface area (TPSA) is 94.8 Å². The molecule has 146 valence electrons. The Morgan fingerprint density at radius 1 is 1.30 bits per heavy atom. The first-order chi connectivity index (χ1) is 12.8. The fourth-order valence-corrected chi connectivity index (χ4v) is 3.02. The lowest BCUT2D eigenvalue weighted by molar-refractivity contribution is -0.146. The molecule has 27 heavy (non-hydrogen) atoms. The lowest BCUT2D eigenvalue weighted by atomic mass is 10.1. The Labute approximate surface area is 161 Å². The number of ether oxygens (including phenoxy) is 2. The predicted molar refractivity (Wildman–Crippen MR) is 104 cm³/mol. The number of nitrogens with one attached hydrogen (secondary N) is 1. The van der Waals surface area contributed by atoms with Crippen LogP contribution in [0.25, 0.3) is 11.0 Å². The molecular weight excluding hydrogens is 370 g/mol. The summed E-state index contributed by atoms with van der Waals surface area (Å²) in [6, 6.07) is 5.73. The van der Waals surface area contributed by atoms with Gasteiger partial charge >= 0.3 is 11.6 Å². The first-order valence-corrected chi connectivity index (χ1v) is 9.83. The molecule has 8 heteroatoms. The Bertz CT molecular complexity index is 878. The molecule has 1 aromatic heterocycles. The molecule has 0 bridgehead atoms. The van der Waals surface area contributed by atoms with Gasteiger partial charge in [0, 0.05) is 17.5 Å². The molecule has 2 aromatic rings. The summed E-state index contributed by atoms with van der Waals surface area (Å²) in [6.45, 7) is 3.40. The van der Waals surface area contributed by atoms with Gasteiger partial charge in [0.2, 0.25) is 0 Å². The van der Waals surface area contributed by atoms with Crippen LogP contribution in [0.1, 0.15) is 18.9 Å². The Morgan fingerprint density at radius 2 is 2.04 bits per heavy atom. The molecule has 0 aliphatic heterocycles. The minimum Gasteiger partial charge on any atom is -0.481 e. The van der Waals surface area contributed by atoms with E-state index in [1.54, 1.807) is 36.9 Å². The molecule has 0 saturated heterocycles. The monoisotopic (exact) mass is 393 g/mol. The second-order valence-corrected chi connectivity index (χ2v) is 7.02. The summed E-state index contributed by atoms with van der Waals surface area (Å²) in [4.78, 5) is 35.7. The Kier molecular flexibility index (Phi) is 7.29. The normalized spacial score (nSPS) is 13.0. The minimum atomic E-state index is -0.847. The van der Waals surface area contributed by atoms with Crippen LogP contribution in [0.15, 0.2) is 33.5 Å². The third-order valence-electron chi connectivity index (χ3n) is 4.02. The number of rotatable bonds is 8. The largest absolute Gasteiger partial charge is 0.481 e. The summed E-state index contributed by atoms with van der Waals surface area (Å²) >= 11 is 1.57. The fraction of sp³-hybridized carbons (Fsp3) is 0.421. The fourth-order valence-electron chi connectivity index (χ4n) is 2.55. The number of amides is 1. The summed E-state index contributed by atoms with van der Waals surface area (Å²) in [5.41, 5.74) is 0.739. The zero-order valence-corrected chi connectivity index (χ0v) is 16.6. The first-order valence-electron chi connectivity index (χ1n) is 8.44. The summed E-state index contributed by atoms with van der Waals surface area (Å²) in [5.74, 6) is 0.167. The Morgan fingerprint density at radius 3 is 2.70 bits per heavy atom. The zero-order valence-electron chi connectivity index (χ0n) is 15.7. The lowest BCUT2D eigenvalue weighted by Crippen LogP contribution is -2.47. The van der Waals surface area contributed by atoms with Crippen molar-refractivity contribution in [3.05, 3.63) is 40.2 Å². The smallest absolute Gasteiger partial charge is 0.336 e. The van der Waals surface area contributed by atoms with E-state index in [1.807, 2.05) is 13.2 Å². The molecule has 1 amide bonds. The standard InChI is InChI=1S/C19H23NO6S/c1-11-9-17(21)26-16-10-13(5-6-14(11)16)25-12(2)18(22)20-15(7-8-27-4)19(23)24-3/h5-6,9-10,12,15H,7-8H2,1-4H3,(H,20,22)/t12-,15-/m0/s1. The molecule has 1 N–H and O–H groups in total. The van der Waals surface area contributed by atoms with Crippen molar-refractivity contribution in [2.75, 3.05) is 19.1 Å². The minimum absolute atomic E-state index is 0.387. The predicted octanol–water partition coefficient (Wildman–Crippen LogP) is 2.28. The second kappa shape index (κ2) is 9.45. The molecule has 2 atom stereocenters. The van der Waals surface area contributed by atoms with E-state index in [2.05, 4.69) is 5.32 Å². The van der Waals surface area contributed by atoms with Crippen LogP contribution in [-0.2, 0) is 14.3 Å². The highest BCUT2D eigenvalue weighted by molar-refractivity contribution is 7.98. The van der Waals surface area contributed by atoms with Gasteiger partial charge in [-0.15, -0.1) is 0 Å². The molecule has 0 unspecified atom stereocenters. The van der Waals surface area contributed by atoms with Gasteiger partial charge in [-0.2, -0.15) is 11.8 Å². The van der Waals surface area contributed by atoms with Crippen molar-refractivity contribution >= 4 is 34.6 Å². The summed E-state index contributed by atoms with van der Waals surface area (Å²) < 4.78 is 15.6. The first kappa shape index (κ1) is 20.8. The molecule has 0 radical (unpaired) electrons. The number of methoxy groups -OCH3 is 1. The van der Waals surface area contributed by atoms with E-state index in [-0.39, 0.29) is 0 Å². The Hall–Kier alpha value is -2.48. The quantitative estimate of drug-likeness (QED) is 0.543. The molecule has 0 aliphatic carbocycles. The summed E-state index contributed by atoms with van der Waals surface area (Å²) in [5, 5.41) is 3.45. The van der Waals surface area contributed by atoms with E-state index in [9.17, 15) is 14.4 Å². The maximum atomic E-state index is 12.4. The summed E-state index contributed by atoms with van der Waals surface area (Å²) in [7, 11) is 1.28. The van der Waals surface area contributed by atoms with E-state index in [4.69, 9.17) is 13.9 Å². The third kappa shape index (κ3) is 5.50. The molecule has 0 saturated carbocycles. The van der Waals surface area contributed by atoms with Crippen LogP contribution in [0.4, 0.5) is 0 Å². The zero-order chi connectivity index (χ0) is 20.0. The van der Waals surface area contributed by atoms with Crippen molar-refractivity contribution in [1.82, 2.24) is 5.32 Å².